The number of aromatic nitrogens is 1. The van der Waals surface area contributed by atoms with Crippen LogP contribution in [0, 0.1) is 6.92 Å². The Morgan fingerprint density at radius 1 is 1.10 bits per heavy atom. The third kappa shape index (κ3) is 2.35. The third-order valence-corrected chi connectivity index (χ3v) is 4.03. The van der Waals surface area contributed by atoms with E-state index in [-0.39, 0.29) is 0 Å². The molecule has 2 nitrogen and oxygen atoms in total. The number of fused-ring (bicyclic) bond motifs is 1. The van der Waals surface area contributed by atoms with Gasteiger partial charge in [-0.25, -0.2) is 0 Å². The van der Waals surface area contributed by atoms with Crippen molar-refractivity contribution >= 4 is 26.7 Å². The van der Waals surface area contributed by atoms with Gasteiger partial charge in [-0.2, -0.15) is 0 Å². The Morgan fingerprint density at radius 2 is 1.95 bits per heavy atom. The maximum absolute atomic E-state index is 10.7. The van der Waals surface area contributed by atoms with Gasteiger partial charge in [0.2, 0.25) is 0 Å². The first kappa shape index (κ1) is 13.3. The van der Waals surface area contributed by atoms with Crippen molar-refractivity contribution in [3.05, 3.63) is 76.0 Å². The van der Waals surface area contributed by atoms with E-state index in [2.05, 4.69) is 20.9 Å². The van der Waals surface area contributed by atoms with Gasteiger partial charge in [0, 0.05) is 22.3 Å². The molecule has 0 saturated heterocycles. The van der Waals surface area contributed by atoms with Gasteiger partial charge in [-0.05, 0) is 47.2 Å². The van der Waals surface area contributed by atoms with Crippen LogP contribution >= 0.6 is 15.9 Å². The molecule has 1 unspecified atom stereocenters. The summed E-state index contributed by atoms with van der Waals surface area (Å²) in [6.45, 7) is 2.01. The summed E-state index contributed by atoms with van der Waals surface area (Å²) >= 11 is 3.45. The van der Waals surface area contributed by atoms with Crippen LogP contribution < -0.4 is 0 Å². The molecular formula is C17H14BrNO. The van der Waals surface area contributed by atoms with E-state index in [1.807, 2.05) is 55.6 Å². The van der Waals surface area contributed by atoms with Gasteiger partial charge in [-0.3, -0.25) is 4.98 Å². The maximum atomic E-state index is 10.7. The standard InChI is InChI=1S/C17H14BrNO/c1-11-9-13(18)5-6-14(11)17(20)15-4-2-3-12-7-8-19-10-16(12)15/h2-10,17,20H,1H3. The Kier molecular flexibility index (Phi) is 3.55. The molecule has 20 heavy (non-hydrogen) atoms. The van der Waals surface area contributed by atoms with Gasteiger partial charge in [-0.15, -0.1) is 0 Å². The molecule has 0 aliphatic carbocycles. The highest BCUT2D eigenvalue weighted by molar-refractivity contribution is 9.10. The topological polar surface area (TPSA) is 33.1 Å². The molecule has 2 aromatic carbocycles. The Balaban J connectivity index is 2.15. The van der Waals surface area contributed by atoms with E-state index in [9.17, 15) is 5.11 Å². The molecule has 3 heteroatoms. The number of halogens is 1. The fourth-order valence-corrected chi connectivity index (χ4v) is 2.96. The Morgan fingerprint density at radius 3 is 2.75 bits per heavy atom. The smallest absolute Gasteiger partial charge is 0.105 e. The van der Waals surface area contributed by atoms with Crippen LogP contribution in [0.25, 0.3) is 10.8 Å². The summed E-state index contributed by atoms with van der Waals surface area (Å²) in [7, 11) is 0. The highest BCUT2D eigenvalue weighted by Crippen LogP contribution is 2.31. The van der Waals surface area contributed by atoms with E-state index in [0.717, 1.165) is 31.9 Å². The highest BCUT2D eigenvalue weighted by atomic mass is 79.9. The number of aryl methyl sites for hydroxylation is 1. The molecule has 0 radical (unpaired) electrons. The number of hydrogen-bond acceptors (Lipinski definition) is 2. The van der Waals surface area contributed by atoms with Gasteiger partial charge < -0.3 is 5.11 Å². The second-order valence-corrected chi connectivity index (χ2v) is 5.76. The van der Waals surface area contributed by atoms with Gasteiger partial charge in [0.15, 0.2) is 0 Å². The number of rotatable bonds is 2. The third-order valence-electron chi connectivity index (χ3n) is 3.54. The fourth-order valence-electron chi connectivity index (χ4n) is 2.49. The molecular weight excluding hydrogens is 314 g/mol. The second-order valence-electron chi connectivity index (χ2n) is 4.85. The van der Waals surface area contributed by atoms with E-state index in [0.29, 0.717) is 0 Å². The average Bonchev–Trinajstić information content (AvgIpc) is 2.46. The van der Waals surface area contributed by atoms with Crippen LogP contribution in [0.4, 0.5) is 0 Å². The van der Waals surface area contributed by atoms with Crippen LogP contribution in [0.1, 0.15) is 22.8 Å². The molecule has 0 saturated carbocycles. The summed E-state index contributed by atoms with van der Waals surface area (Å²) in [6.07, 6.45) is 2.93. The largest absolute Gasteiger partial charge is 0.384 e. The SMILES string of the molecule is Cc1cc(Br)ccc1C(O)c1cccc2ccncc12. The van der Waals surface area contributed by atoms with E-state index in [1.54, 1.807) is 6.20 Å². The Labute approximate surface area is 126 Å². The minimum Gasteiger partial charge on any atom is -0.384 e. The Bertz CT molecular complexity index is 765. The van der Waals surface area contributed by atoms with Gasteiger partial charge in [0.1, 0.15) is 6.10 Å². The monoisotopic (exact) mass is 327 g/mol. The molecule has 1 N–H and O–H groups in total. The summed E-state index contributed by atoms with van der Waals surface area (Å²) < 4.78 is 1.02. The lowest BCUT2D eigenvalue weighted by Crippen LogP contribution is -2.03. The van der Waals surface area contributed by atoms with Gasteiger partial charge >= 0.3 is 0 Å². The van der Waals surface area contributed by atoms with Crippen LogP contribution in [-0.2, 0) is 0 Å². The van der Waals surface area contributed by atoms with Crippen molar-refractivity contribution in [3.8, 4) is 0 Å². The summed E-state index contributed by atoms with van der Waals surface area (Å²) in [5.74, 6) is 0. The fraction of sp³-hybridized carbons (Fsp3) is 0.118. The van der Waals surface area contributed by atoms with Crippen molar-refractivity contribution in [3.63, 3.8) is 0 Å². The molecule has 3 rings (SSSR count). The predicted molar refractivity (Wildman–Crippen MR) is 84.7 cm³/mol. The number of aliphatic hydroxyl groups is 1. The number of pyridine rings is 1. The van der Waals surface area contributed by atoms with Crippen LogP contribution in [0.15, 0.2) is 59.3 Å². The molecule has 1 aromatic heterocycles. The molecule has 1 heterocycles. The van der Waals surface area contributed by atoms with E-state index in [4.69, 9.17) is 0 Å². The number of benzene rings is 2. The van der Waals surface area contributed by atoms with E-state index in [1.165, 1.54) is 0 Å². The molecule has 3 aromatic rings. The molecule has 0 spiro atoms. The van der Waals surface area contributed by atoms with Crippen LogP contribution in [0.3, 0.4) is 0 Å². The van der Waals surface area contributed by atoms with Crippen molar-refractivity contribution in [1.82, 2.24) is 4.98 Å². The van der Waals surface area contributed by atoms with Crippen molar-refractivity contribution in [2.45, 2.75) is 13.0 Å². The molecule has 0 aliphatic rings. The lowest BCUT2D eigenvalue weighted by Gasteiger charge is -2.16. The van der Waals surface area contributed by atoms with Crippen molar-refractivity contribution in [2.75, 3.05) is 0 Å². The van der Waals surface area contributed by atoms with E-state index < -0.39 is 6.10 Å². The number of hydrogen-bond donors (Lipinski definition) is 1. The first-order chi connectivity index (χ1) is 9.66. The number of aliphatic hydroxyl groups excluding tert-OH is 1. The minimum atomic E-state index is -0.643. The van der Waals surface area contributed by atoms with Gasteiger partial charge in [0.05, 0.1) is 0 Å². The number of nitrogens with zero attached hydrogens (tertiary/aromatic N) is 1. The lowest BCUT2D eigenvalue weighted by atomic mass is 9.94. The average molecular weight is 328 g/mol. The van der Waals surface area contributed by atoms with Gasteiger partial charge in [0.25, 0.3) is 0 Å². The summed E-state index contributed by atoms with van der Waals surface area (Å²) in [6, 6.07) is 13.8. The summed E-state index contributed by atoms with van der Waals surface area (Å²) in [4.78, 5) is 4.17. The first-order valence-electron chi connectivity index (χ1n) is 6.43. The zero-order valence-corrected chi connectivity index (χ0v) is 12.6. The van der Waals surface area contributed by atoms with Crippen molar-refractivity contribution in [2.24, 2.45) is 0 Å². The first-order valence-corrected chi connectivity index (χ1v) is 7.23. The Hall–Kier alpha value is -1.71. The normalized spacial score (nSPS) is 12.6. The lowest BCUT2D eigenvalue weighted by molar-refractivity contribution is 0.221. The maximum Gasteiger partial charge on any atom is 0.105 e. The summed E-state index contributed by atoms with van der Waals surface area (Å²) in [5.41, 5.74) is 2.87. The van der Waals surface area contributed by atoms with Crippen molar-refractivity contribution in [1.29, 1.82) is 0 Å². The van der Waals surface area contributed by atoms with Crippen LogP contribution in [-0.4, -0.2) is 10.1 Å². The zero-order valence-electron chi connectivity index (χ0n) is 11.0. The highest BCUT2D eigenvalue weighted by Gasteiger charge is 2.15. The quantitative estimate of drug-likeness (QED) is 0.757. The second kappa shape index (κ2) is 5.35. The van der Waals surface area contributed by atoms with Crippen molar-refractivity contribution < 1.29 is 5.11 Å². The van der Waals surface area contributed by atoms with E-state index >= 15 is 0 Å². The van der Waals surface area contributed by atoms with Crippen LogP contribution in [0.2, 0.25) is 0 Å². The molecule has 0 bridgehead atoms. The summed E-state index contributed by atoms with van der Waals surface area (Å²) in [5, 5.41) is 12.8. The zero-order chi connectivity index (χ0) is 14.1. The van der Waals surface area contributed by atoms with Gasteiger partial charge in [-0.1, -0.05) is 40.2 Å². The molecule has 0 fully saturated rings. The predicted octanol–water partition coefficient (Wildman–Crippen LogP) is 4.39. The van der Waals surface area contributed by atoms with Crippen LogP contribution in [0.5, 0.6) is 0 Å². The minimum absolute atomic E-state index is 0.643. The molecule has 100 valence electrons. The molecule has 0 aliphatic heterocycles. The molecule has 0 amide bonds. The molecule has 1 atom stereocenters.